The highest BCUT2D eigenvalue weighted by atomic mass is 127. The minimum Gasteiger partial charge on any atom is -0.497 e. The molecule has 0 N–H and O–H groups in total. The monoisotopic (exact) mass is 370 g/mol. The van der Waals surface area contributed by atoms with Gasteiger partial charge in [0.2, 0.25) is 0 Å². The molecule has 3 aliphatic rings. The Hall–Kier alpha value is -0.780. The summed E-state index contributed by atoms with van der Waals surface area (Å²) in [6.45, 7) is 0. The van der Waals surface area contributed by atoms with E-state index in [2.05, 4.69) is 34.7 Å². The molecule has 6 atom stereocenters. The van der Waals surface area contributed by atoms with Gasteiger partial charge >= 0.3 is 5.97 Å². The third kappa shape index (κ3) is 1.52. The fourth-order valence-electron chi connectivity index (χ4n) is 4.25. The van der Waals surface area contributed by atoms with Crippen molar-refractivity contribution < 1.29 is 14.3 Å². The lowest BCUT2D eigenvalue weighted by molar-refractivity contribution is -0.143. The molecule has 2 saturated carbocycles. The van der Waals surface area contributed by atoms with Gasteiger partial charge in [0.1, 0.15) is 11.9 Å². The van der Waals surface area contributed by atoms with E-state index in [1.54, 1.807) is 7.11 Å². The van der Waals surface area contributed by atoms with E-state index >= 15 is 0 Å². The molecule has 0 unspecified atom stereocenters. The maximum atomic E-state index is 12.1. The quantitative estimate of drug-likeness (QED) is 0.456. The predicted molar refractivity (Wildman–Crippen MR) is 78.5 cm³/mol. The van der Waals surface area contributed by atoms with Gasteiger partial charge in [0, 0.05) is 11.8 Å². The van der Waals surface area contributed by atoms with Crippen LogP contribution in [-0.4, -0.2) is 23.1 Å². The third-order valence-corrected chi connectivity index (χ3v) is 6.66. The molecule has 1 aromatic carbocycles. The van der Waals surface area contributed by atoms with Crippen LogP contribution < -0.4 is 4.74 Å². The zero-order chi connectivity index (χ0) is 13.1. The molecule has 0 spiro atoms. The first-order valence-corrected chi connectivity index (χ1v) is 7.94. The van der Waals surface area contributed by atoms with Crippen LogP contribution in [0.2, 0.25) is 0 Å². The van der Waals surface area contributed by atoms with Crippen LogP contribution in [-0.2, 0) is 9.53 Å². The fraction of sp³-hybridized carbons (Fsp3) is 0.533. The molecular formula is C15H15IO3. The fourth-order valence-corrected chi connectivity index (χ4v) is 5.67. The molecular weight excluding hydrogens is 355 g/mol. The minimum absolute atomic E-state index is 0.0254. The molecule has 2 bridgehead atoms. The maximum absolute atomic E-state index is 12.1. The molecule has 2 aliphatic carbocycles. The van der Waals surface area contributed by atoms with Crippen LogP contribution in [0.4, 0.5) is 0 Å². The lowest BCUT2D eigenvalue weighted by Gasteiger charge is -2.28. The van der Waals surface area contributed by atoms with Crippen molar-refractivity contribution in [2.24, 2.45) is 17.8 Å². The van der Waals surface area contributed by atoms with Crippen LogP contribution in [0.3, 0.4) is 0 Å². The molecule has 19 heavy (non-hydrogen) atoms. The van der Waals surface area contributed by atoms with E-state index in [9.17, 15) is 4.79 Å². The predicted octanol–water partition coefficient (Wildman–Crippen LogP) is 2.77. The highest BCUT2D eigenvalue weighted by molar-refractivity contribution is 14.1. The molecule has 0 amide bonds. The Labute approximate surface area is 125 Å². The average Bonchev–Trinajstić information content (AvgIpc) is 3.03. The summed E-state index contributed by atoms with van der Waals surface area (Å²) in [7, 11) is 1.67. The third-order valence-electron chi connectivity index (χ3n) is 5.02. The summed E-state index contributed by atoms with van der Waals surface area (Å²) in [5, 5.41) is 0. The van der Waals surface area contributed by atoms with E-state index in [0.717, 1.165) is 12.2 Å². The average molecular weight is 370 g/mol. The summed E-state index contributed by atoms with van der Waals surface area (Å²) in [5.74, 6) is 2.35. The molecule has 0 aromatic heterocycles. The minimum atomic E-state index is 0.0254. The number of fused-ring (bicyclic) bond motifs is 1. The second kappa shape index (κ2) is 4.11. The van der Waals surface area contributed by atoms with Gasteiger partial charge in [-0.25, -0.2) is 0 Å². The molecule has 3 nitrogen and oxygen atoms in total. The summed E-state index contributed by atoms with van der Waals surface area (Å²) in [6, 6.07) is 8.19. The Bertz CT molecular complexity index is 527. The van der Waals surface area contributed by atoms with Crippen molar-refractivity contribution in [3.63, 3.8) is 0 Å². The number of hydrogen-bond donors (Lipinski definition) is 0. The lowest BCUT2D eigenvalue weighted by Crippen LogP contribution is -2.32. The highest BCUT2D eigenvalue weighted by Crippen LogP contribution is 2.63. The molecule has 3 fully saturated rings. The van der Waals surface area contributed by atoms with E-state index in [4.69, 9.17) is 9.47 Å². The summed E-state index contributed by atoms with van der Waals surface area (Å²) < 4.78 is 11.3. The Morgan fingerprint density at radius 3 is 2.63 bits per heavy atom. The van der Waals surface area contributed by atoms with Gasteiger partial charge in [-0.3, -0.25) is 4.79 Å². The van der Waals surface area contributed by atoms with Crippen molar-refractivity contribution in [2.45, 2.75) is 22.4 Å². The first kappa shape index (κ1) is 12.0. The molecule has 1 aliphatic heterocycles. The summed E-state index contributed by atoms with van der Waals surface area (Å²) in [6.07, 6.45) is 1.32. The van der Waals surface area contributed by atoms with Gasteiger partial charge in [-0.15, -0.1) is 0 Å². The number of carbonyl (C=O) groups excluding carboxylic acids is 1. The van der Waals surface area contributed by atoms with Crippen molar-refractivity contribution in [3.05, 3.63) is 29.8 Å². The number of carbonyl (C=O) groups is 1. The van der Waals surface area contributed by atoms with E-state index < -0.39 is 0 Å². The first-order valence-electron chi connectivity index (χ1n) is 6.69. The van der Waals surface area contributed by atoms with Crippen molar-refractivity contribution in [2.75, 3.05) is 7.11 Å². The second-order valence-electron chi connectivity index (χ2n) is 5.73. The van der Waals surface area contributed by atoms with Gasteiger partial charge in [0.05, 0.1) is 17.0 Å². The van der Waals surface area contributed by atoms with Gasteiger partial charge in [0.15, 0.2) is 0 Å². The number of ether oxygens (including phenoxy) is 2. The van der Waals surface area contributed by atoms with Gasteiger partial charge in [-0.1, -0.05) is 34.7 Å². The molecule has 1 saturated heterocycles. The van der Waals surface area contributed by atoms with Gasteiger partial charge in [-0.2, -0.15) is 0 Å². The number of methoxy groups -OCH3 is 1. The zero-order valence-electron chi connectivity index (χ0n) is 10.6. The van der Waals surface area contributed by atoms with Crippen LogP contribution in [0.15, 0.2) is 24.3 Å². The number of benzene rings is 1. The van der Waals surface area contributed by atoms with Crippen LogP contribution in [0.5, 0.6) is 5.75 Å². The van der Waals surface area contributed by atoms with Crippen molar-refractivity contribution in [1.29, 1.82) is 0 Å². The molecule has 1 heterocycles. The molecule has 4 rings (SSSR count). The zero-order valence-corrected chi connectivity index (χ0v) is 12.7. The van der Waals surface area contributed by atoms with Crippen molar-refractivity contribution >= 4 is 28.6 Å². The molecule has 1 aromatic rings. The Morgan fingerprint density at radius 2 is 1.95 bits per heavy atom. The van der Waals surface area contributed by atoms with Crippen LogP contribution >= 0.6 is 22.6 Å². The van der Waals surface area contributed by atoms with Crippen LogP contribution in [0.25, 0.3) is 0 Å². The number of alkyl halides is 1. The SMILES string of the molecule is COc1ccc([C@@H]2[C@@H]3C[C@H]4[C@H](OC(=O)[C@@H]42)[C@@H]3I)cc1. The van der Waals surface area contributed by atoms with E-state index in [0.29, 0.717) is 21.7 Å². The van der Waals surface area contributed by atoms with Gasteiger partial charge < -0.3 is 9.47 Å². The highest BCUT2D eigenvalue weighted by Gasteiger charge is 2.66. The number of halogens is 1. The topological polar surface area (TPSA) is 35.5 Å². The van der Waals surface area contributed by atoms with E-state index in [1.165, 1.54) is 5.56 Å². The Morgan fingerprint density at radius 1 is 1.21 bits per heavy atom. The molecule has 0 radical (unpaired) electrons. The normalized spacial score (nSPS) is 42.5. The number of rotatable bonds is 2. The van der Waals surface area contributed by atoms with E-state index in [-0.39, 0.29) is 18.0 Å². The summed E-state index contributed by atoms with van der Waals surface area (Å²) >= 11 is 2.48. The maximum Gasteiger partial charge on any atom is 0.310 e. The summed E-state index contributed by atoms with van der Waals surface area (Å²) in [5.41, 5.74) is 1.26. The second-order valence-corrected chi connectivity index (χ2v) is 7.17. The number of hydrogen-bond acceptors (Lipinski definition) is 3. The van der Waals surface area contributed by atoms with Gasteiger partial charge in [-0.05, 0) is 30.0 Å². The summed E-state index contributed by atoms with van der Waals surface area (Å²) in [4.78, 5) is 12.1. The van der Waals surface area contributed by atoms with Crippen LogP contribution in [0.1, 0.15) is 17.9 Å². The van der Waals surface area contributed by atoms with Gasteiger partial charge in [0.25, 0.3) is 0 Å². The Kier molecular flexibility index (Phi) is 2.59. The lowest BCUT2D eigenvalue weighted by atomic mass is 9.76. The molecule has 4 heteroatoms. The smallest absolute Gasteiger partial charge is 0.310 e. The van der Waals surface area contributed by atoms with Crippen molar-refractivity contribution in [3.8, 4) is 5.75 Å². The Balaban J connectivity index is 1.73. The first-order chi connectivity index (χ1) is 9.20. The standard InChI is InChI=1S/C15H15IO3/c1-18-8-4-2-7(3-5-8)11-9-6-10-12(11)15(17)19-14(10)13(9)16/h2-5,9-14H,6H2,1H3/t9-,10+,11+,12-,13+,14-/m0/s1. The van der Waals surface area contributed by atoms with Crippen LogP contribution in [0, 0.1) is 17.8 Å². The van der Waals surface area contributed by atoms with E-state index in [1.807, 2.05) is 12.1 Å². The molecule has 100 valence electrons. The number of esters is 1. The van der Waals surface area contributed by atoms with Crippen molar-refractivity contribution in [1.82, 2.24) is 0 Å². The largest absolute Gasteiger partial charge is 0.497 e.